The number of fused-ring (bicyclic) bond motifs is 1. The molecule has 2 unspecified atom stereocenters. The second-order valence-corrected chi connectivity index (χ2v) is 4.52. The van der Waals surface area contributed by atoms with Crippen LogP contribution in [0.2, 0.25) is 0 Å². The van der Waals surface area contributed by atoms with Crippen molar-refractivity contribution in [3.8, 4) is 0 Å². The maximum atomic E-state index is 5.58. The molecular weight excluding hydrogens is 228 g/mol. The van der Waals surface area contributed by atoms with Crippen molar-refractivity contribution in [3.05, 3.63) is 24.1 Å². The minimum Gasteiger partial charge on any atom is -0.441 e. The van der Waals surface area contributed by atoms with E-state index in [-0.39, 0.29) is 12.1 Å². The first-order chi connectivity index (χ1) is 8.63. The summed E-state index contributed by atoms with van der Waals surface area (Å²) in [4.78, 5) is 4.43. The maximum absolute atomic E-state index is 5.58. The minimum absolute atomic E-state index is 0.157. The summed E-state index contributed by atoms with van der Waals surface area (Å²) in [6.45, 7) is 6.17. The highest BCUT2D eigenvalue weighted by molar-refractivity contribution is 5.77. The molecule has 98 valence electrons. The quantitative estimate of drug-likeness (QED) is 0.882. The molecule has 0 radical (unpaired) electrons. The zero-order valence-electron chi connectivity index (χ0n) is 11.4. The van der Waals surface area contributed by atoms with Gasteiger partial charge in [-0.15, -0.1) is 0 Å². The van der Waals surface area contributed by atoms with Gasteiger partial charge in [-0.1, -0.05) is 6.92 Å². The summed E-state index contributed by atoms with van der Waals surface area (Å²) in [5, 5.41) is 3.41. The fraction of sp³-hybridized carbons (Fsp3) is 0.500. The Morgan fingerprint density at radius 2 is 2.17 bits per heavy atom. The SMILES string of the molecule is CCc1nc2cc(NC(C)C(C)OC)ccc2o1. The van der Waals surface area contributed by atoms with E-state index in [0.29, 0.717) is 0 Å². The Labute approximate surface area is 107 Å². The highest BCUT2D eigenvalue weighted by atomic mass is 16.5. The topological polar surface area (TPSA) is 47.3 Å². The predicted octanol–water partition coefficient (Wildman–Crippen LogP) is 3.23. The van der Waals surface area contributed by atoms with E-state index in [1.165, 1.54) is 0 Å². The lowest BCUT2D eigenvalue weighted by Crippen LogP contribution is -2.29. The van der Waals surface area contributed by atoms with Crippen LogP contribution in [0, 0.1) is 0 Å². The van der Waals surface area contributed by atoms with Crippen LogP contribution >= 0.6 is 0 Å². The second kappa shape index (κ2) is 5.40. The number of benzene rings is 1. The lowest BCUT2D eigenvalue weighted by molar-refractivity contribution is 0.106. The molecule has 1 aromatic carbocycles. The van der Waals surface area contributed by atoms with Crippen molar-refractivity contribution in [1.29, 1.82) is 0 Å². The first kappa shape index (κ1) is 12.9. The van der Waals surface area contributed by atoms with Crippen molar-refractivity contribution >= 4 is 16.8 Å². The van der Waals surface area contributed by atoms with Crippen molar-refractivity contribution in [2.45, 2.75) is 39.3 Å². The molecule has 0 spiro atoms. The lowest BCUT2D eigenvalue weighted by atomic mass is 10.2. The highest BCUT2D eigenvalue weighted by Gasteiger charge is 2.11. The third-order valence-corrected chi connectivity index (χ3v) is 3.20. The number of anilines is 1. The minimum atomic E-state index is 0.157. The standard InChI is InChI=1S/C14H20N2O2/c1-5-14-16-12-8-11(6-7-13(12)18-14)15-9(2)10(3)17-4/h6-10,15H,5H2,1-4H3. The average Bonchev–Trinajstić information content (AvgIpc) is 2.79. The predicted molar refractivity (Wildman–Crippen MR) is 72.9 cm³/mol. The van der Waals surface area contributed by atoms with Crippen molar-refractivity contribution in [2.24, 2.45) is 0 Å². The van der Waals surface area contributed by atoms with Gasteiger partial charge in [0.2, 0.25) is 0 Å². The Hall–Kier alpha value is -1.55. The van der Waals surface area contributed by atoms with E-state index < -0.39 is 0 Å². The Kier molecular flexibility index (Phi) is 3.87. The molecule has 4 nitrogen and oxygen atoms in total. The zero-order chi connectivity index (χ0) is 13.1. The lowest BCUT2D eigenvalue weighted by Gasteiger charge is -2.20. The monoisotopic (exact) mass is 248 g/mol. The molecule has 2 aromatic rings. The number of aromatic nitrogens is 1. The van der Waals surface area contributed by atoms with Crippen LogP contribution in [0.15, 0.2) is 22.6 Å². The van der Waals surface area contributed by atoms with E-state index in [0.717, 1.165) is 29.1 Å². The van der Waals surface area contributed by atoms with E-state index in [4.69, 9.17) is 9.15 Å². The van der Waals surface area contributed by atoms with E-state index in [9.17, 15) is 0 Å². The third kappa shape index (κ3) is 2.64. The Bertz CT molecular complexity index is 521. The van der Waals surface area contributed by atoms with Crippen molar-refractivity contribution in [1.82, 2.24) is 4.98 Å². The molecule has 0 amide bonds. The maximum Gasteiger partial charge on any atom is 0.195 e. The molecule has 2 rings (SSSR count). The summed E-state index contributed by atoms with van der Waals surface area (Å²) in [5.74, 6) is 0.778. The van der Waals surface area contributed by atoms with Gasteiger partial charge in [-0.25, -0.2) is 4.98 Å². The second-order valence-electron chi connectivity index (χ2n) is 4.52. The number of hydrogen-bond donors (Lipinski definition) is 1. The van der Waals surface area contributed by atoms with Gasteiger partial charge in [0.25, 0.3) is 0 Å². The van der Waals surface area contributed by atoms with Gasteiger partial charge in [0.1, 0.15) is 5.52 Å². The molecule has 4 heteroatoms. The molecule has 1 N–H and O–H groups in total. The van der Waals surface area contributed by atoms with Crippen LogP contribution in [0.5, 0.6) is 0 Å². The van der Waals surface area contributed by atoms with E-state index in [2.05, 4.69) is 17.2 Å². The molecule has 0 aliphatic rings. The fourth-order valence-electron chi connectivity index (χ4n) is 1.80. The highest BCUT2D eigenvalue weighted by Crippen LogP contribution is 2.21. The molecule has 0 aliphatic heterocycles. The van der Waals surface area contributed by atoms with Gasteiger partial charge < -0.3 is 14.5 Å². The van der Waals surface area contributed by atoms with Gasteiger partial charge >= 0.3 is 0 Å². The van der Waals surface area contributed by atoms with Crippen LogP contribution in [0.4, 0.5) is 5.69 Å². The molecule has 0 fully saturated rings. The average molecular weight is 248 g/mol. The van der Waals surface area contributed by atoms with Crippen LogP contribution < -0.4 is 5.32 Å². The first-order valence-corrected chi connectivity index (χ1v) is 6.32. The van der Waals surface area contributed by atoms with Gasteiger partial charge in [0.15, 0.2) is 11.5 Å². The van der Waals surface area contributed by atoms with Gasteiger partial charge in [-0.3, -0.25) is 0 Å². The summed E-state index contributed by atoms with van der Waals surface area (Å²) in [6.07, 6.45) is 0.971. The molecule has 2 atom stereocenters. The largest absolute Gasteiger partial charge is 0.441 e. The summed E-state index contributed by atoms with van der Waals surface area (Å²) in [6, 6.07) is 6.21. The normalized spacial score (nSPS) is 14.7. The molecule has 18 heavy (non-hydrogen) atoms. The number of methoxy groups -OCH3 is 1. The fourth-order valence-corrected chi connectivity index (χ4v) is 1.80. The molecule has 1 aromatic heterocycles. The van der Waals surface area contributed by atoms with E-state index in [1.54, 1.807) is 7.11 Å². The molecule has 0 saturated carbocycles. The Morgan fingerprint density at radius 3 is 2.83 bits per heavy atom. The number of nitrogens with one attached hydrogen (secondary N) is 1. The molecule has 1 heterocycles. The van der Waals surface area contributed by atoms with Gasteiger partial charge in [-0.2, -0.15) is 0 Å². The molecular formula is C14H20N2O2. The van der Waals surface area contributed by atoms with Gasteiger partial charge in [0.05, 0.1) is 6.10 Å². The number of ether oxygens (including phenoxy) is 1. The third-order valence-electron chi connectivity index (χ3n) is 3.20. The molecule has 0 aliphatic carbocycles. The van der Waals surface area contributed by atoms with Gasteiger partial charge in [0, 0.05) is 25.3 Å². The van der Waals surface area contributed by atoms with Crippen molar-refractivity contribution in [2.75, 3.05) is 12.4 Å². The van der Waals surface area contributed by atoms with E-state index >= 15 is 0 Å². The number of aryl methyl sites for hydroxylation is 1. The summed E-state index contributed by atoms with van der Waals surface area (Å²) < 4.78 is 10.9. The van der Waals surface area contributed by atoms with Crippen LogP contribution in [0.25, 0.3) is 11.1 Å². The summed E-state index contributed by atoms with van der Waals surface area (Å²) in [5.41, 5.74) is 2.77. The van der Waals surface area contributed by atoms with Gasteiger partial charge in [-0.05, 0) is 32.0 Å². The van der Waals surface area contributed by atoms with Crippen molar-refractivity contribution < 1.29 is 9.15 Å². The first-order valence-electron chi connectivity index (χ1n) is 6.32. The van der Waals surface area contributed by atoms with E-state index in [1.807, 2.05) is 32.0 Å². The number of rotatable bonds is 5. The number of oxazole rings is 1. The zero-order valence-corrected chi connectivity index (χ0v) is 11.4. The van der Waals surface area contributed by atoms with Crippen molar-refractivity contribution in [3.63, 3.8) is 0 Å². The summed E-state index contributed by atoms with van der Waals surface area (Å²) >= 11 is 0. The number of nitrogens with zero attached hydrogens (tertiary/aromatic N) is 1. The smallest absolute Gasteiger partial charge is 0.195 e. The molecule has 0 bridgehead atoms. The Balaban J connectivity index is 2.19. The van der Waals surface area contributed by atoms with Crippen LogP contribution in [-0.4, -0.2) is 24.2 Å². The number of hydrogen-bond acceptors (Lipinski definition) is 4. The summed E-state index contributed by atoms with van der Waals surface area (Å²) in [7, 11) is 1.72. The van der Waals surface area contributed by atoms with Crippen LogP contribution in [-0.2, 0) is 11.2 Å². The molecule has 0 saturated heterocycles. The Morgan fingerprint density at radius 1 is 1.39 bits per heavy atom. The van der Waals surface area contributed by atoms with Crippen LogP contribution in [0.1, 0.15) is 26.7 Å². The van der Waals surface area contributed by atoms with Crippen LogP contribution in [0.3, 0.4) is 0 Å².